The Morgan fingerprint density at radius 1 is 1.00 bits per heavy atom. The number of benzene rings is 1. The minimum atomic E-state index is -4.69. The SMILES string of the molecule is CC(C)(C)OC(=O)NC[C@@H]1CN(c2c(F)cc3c(=O)n(NC(=O)OC(C)(C)C)c(=O)n(C4CC4)c3c2Cl)C[C@H]1C(F)(F)F. The minimum Gasteiger partial charge on any atom is -0.444 e. The van der Waals surface area contributed by atoms with Crippen LogP contribution in [0.1, 0.15) is 60.4 Å². The van der Waals surface area contributed by atoms with Gasteiger partial charge in [-0.25, -0.2) is 24.2 Å². The van der Waals surface area contributed by atoms with Crippen molar-refractivity contribution in [3.05, 3.63) is 37.7 Å². The normalized spacial score (nSPS) is 19.5. The molecule has 0 bridgehead atoms. The van der Waals surface area contributed by atoms with E-state index in [-0.39, 0.29) is 17.4 Å². The molecule has 1 aliphatic heterocycles. The number of carbonyl (C=O) groups is 2. The molecule has 2 amide bonds. The molecule has 1 aromatic heterocycles. The van der Waals surface area contributed by atoms with Crippen LogP contribution in [0.15, 0.2) is 15.7 Å². The summed E-state index contributed by atoms with van der Waals surface area (Å²) in [7, 11) is 0. The number of alkyl halides is 3. The molecule has 1 saturated heterocycles. The molecular formula is C27H34ClF4N5O6. The molecule has 0 radical (unpaired) electrons. The van der Waals surface area contributed by atoms with E-state index in [1.807, 2.05) is 0 Å². The van der Waals surface area contributed by atoms with Crippen molar-refractivity contribution in [1.82, 2.24) is 14.6 Å². The van der Waals surface area contributed by atoms with Gasteiger partial charge in [-0.2, -0.15) is 17.8 Å². The van der Waals surface area contributed by atoms with Crippen molar-refractivity contribution in [2.24, 2.45) is 11.8 Å². The van der Waals surface area contributed by atoms with E-state index in [1.54, 1.807) is 41.5 Å². The highest BCUT2D eigenvalue weighted by atomic mass is 35.5. The number of anilines is 1. The van der Waals surface area contributed by atoms with Crippen molar-refractivity contribution < 1.29 is 36.6 Å². The molecule has 1 aromatic carbocycles. The Balaban J connectivity index is 1.75. The largest absolute Gasteiger partial charge is 0.444 e. The van der Waals surface area contributed by atoms with Gasteiger partial charge >= 0.3 is 24.1 Å². The standard InChI is InChI=1S/C27H34ClF4N5O6/c1-25(2,3)42-22(39)33-10-13-11-35(12-16(13)27(30,31)32)20-17(29)9-15-19(18(20)28)36(14-7-8-14)24(41)37(21(15)38)34-23(40)43-26(4,5)6/h9,13-14,16H,7-8,10-12H2,1-6H3,(H,33,39)(H,34,40)/t13-,16-/m1/s1. The highest BCUT2D eigenvalue weighted by Gasteiger charge is 2.50. The molecule has 238 valence electrons. The molecule has 11 nitrogen and oxygen atoms in total. The zero-order valence-electron chi connectivity index (χ0n) is 24.5. The first kappa shape index (κ1) is 32.4. The van der Waals surface area contributed by atoms with Gasteiger partial charge in [0.25, 0.3) is 5.56 Å². The molecule has 43 heavy (non-hydrogen) atoms. The molecule has 0 unspecified atom stereocenters. The fourth-order valence-electron chi connectivity index (χ4n) is 5.02. The van der Waals surface area contributed by atoms with Gasteiger partial charge in [-0.3, -0.25) is 9.36 Å². The number of fused-ring (bicyclic) bond motifs is 1. The van der Waals surface area contributed by atoms with Crippen LogP contribution in [-0.2, 0) is 9.47 Å². The van der Waals surface area contributed by atoms with Gasteiger partial charge in [-0.15, -0.1) is 0 Å². The van der Waals surface area contributed by atoms with Crippen LogP contribution in [-0.4, -0.2) is 58.4 Å². The summed E-state index contributed by atoms with van der Waals surface area (Å²) in [5.41, 5.74) is -2.36. The smallest absolute Gasteiger partial charge is 0.427 e. The number of amides is 2. The summed E-state index contributed by atoms with van der Waals surface area (Å²) >= 11 is 6.63. The van der Waals surface area contributed by atoms with Gasteiger partial charge in [0, 0.05) is 31.6 Å². The van der Waals surface area contributed by atoms with Crippen LogP contribution in [0.25, 0.3) is 10.9 Å². The van der Waals surface area contributed by atoms with E-state index in [2.05, 4.69) is 10.7 Å². The third-order valence-corrected chi connectivity index (χ3v) is 7.20. The zero-order chi connectivity index (χ0) is 32.2. The summed E-state index contributed by atoms with van der Waals surface area (Å²) in [4.78, 5) is 52.3. The lowest BCUT2D eigenvalue weighted by atomic mass is 9.95. The van der Waals surface area contributed by atoms with Crippen LogP contribution >= 0.6 is 11.6 Å². The maximum atomic E-state index is 15.7. The third kappa shape index (κ3) is 7.19. The topological polar surface area (TPSA) is 124 Å². The minimum absolute atomic E-state index is 0.156. The monoisotopic (exact) mass is 635 g/mol. The van der Waals surface area contributed by atoms with Crippen LogP contribution in [0.3, 0.4) is 0 Å². The second kappa shape index (κ2) is 11.2. The van der Waals surface area contributed by atoms with Crippen LogP contribution in [0.2, 0.25) is 5.02 Å². The molecule has 2 atom stereocenters. The molecule has 1 saturated carbocycles. The molecule has 0 spiro atoms. The summed E-state index contributed by atoms with van der Waals surface area (Å²) in [6, 6.07) is 0.352. The summed E-state index contributed by atoms with van der Waals surface area (Å²) in [5.74, 6) is -4.23. The molecule has 2 aromatic rings. The first-order valence-electron chi connectivity index (χ1n) is 13.7. The predicted octanol–water partition coefficient (Wildman–Crippen LogP) is 4.91. The van der Waals surface area contributed by atoms with E-state index >= 15 is 4.39 Å². The van der Waals surface area contributed by atoms with E-state index in [0.717, 1.165) is 15.5 Å². The van der Waals surface area contributed by atoms with E-state index < -0.39 is 88.3 Å². The average Bonchev–Trinajstić information content (AvgIpc) is 3.57. The Morgan fingerprint density at radius 3 is 2.12 bits per heavy atom. The maximum Gasteiger partial charge on any atom is 0.427 e. The van der Waals surface area contributed by atoms with Crippen LogP contribution < -0.4 is 26.9 Å². The average molecular weight is 636 g/mol. The fourth-order valence-corrected chi connectivity index (χ4v) is 5.42. The van der Waals surface area contributed by atoms with Crippen LogP contribution in [0, 0.1) is 17.7 Å². The van der Waals surface area contributed by atoms with E-state index in [4.69, 9.17) is 21.1 Å². The Kier molecular flexibility index (Phi) is 8.46. The highest BCUT2D eigenvalue weighted by molar-refractivity contribution is 6.38. The van der Waals surface area contributed by atoms with Crippen molar-refractivity contribution >= 4 is 40.4 Å². The molecule has 1 aliphatic carbocycles. The number of rotatable bonds is 5. The van der Waals surface area contributed by atoms with Crippen molar-refractivity contribution in [2.75, 3.05) is 30.0 Å². The Hall–Kier alpha value is -3.49. The summed E-state index contributed by atoms with van der Waals surface area (Å²) < 4.78 is 69.6. The van der Waals surface area contributed by atoms with Crippen LogP contribution in [0.5, 0.6) is 0 Å². The van der Waals surface area contributed by atoms with E-state index in [1.165, 1.54) is 0 Å². The molecule has 2 fully saturated rings. The third-order valence-electron chi connectivity index (χ3n) is 6.84. The fraction of sp³-hybridized carbons (Fsp3) is 0.630. The van der Waals surface area contributed by atoms with Gasteiger partial charge in [-0.05, 0) is 60.5 Å². The number of hydrogen-bond donors (Lipinski definition) is 2. The van der Waals surface area contributed by atoms with Gasteiger partial charge in [-0.1, -0.05) is 11.6 Å². The highest BCUT2D eigenvalue weighted by Crippen LogP contribution is 2.45. The Morgan fingerprint density at radius 2 is 1.58 bits per heavy atom. The molecular weight excluding hydrogens is 602 g/mol. The molecule has 2 heterocycles. The molecule has 2 aliphatic rings. The number of alkyl carbamates (subject to hydrolysis) is 1. The van der Waals surface area contributed by atoms with Gasteiger partial charge < -0.3 is 19.7 Å². The molecule has 16 heteroatoms. The first-order valence-corrected chi connectivity index (χ1v) is 14.0. The number of nitrogens with one attached hydrogen (secondary N) is 2. The van der Waals surface area contributed by atoms with Crippen molar-refractivity contribution in [3.63, 3.8) is 0 Å². The van der Waals surface area contributed by atoms with Gasteiger partial charge in [0.05, 0.1) is 27.5 Å². The van der Waals surface area contributed by atoms with Crippen molar-refractivity contribution in [1.29, 1.82) is 0 Å². The Labute approximate surface area is 249 Å². The maximum absolute atomic E-state index is 15.7. The summed E-state index contributed by atoms with van der Waals surface area (Å²) in [6.45, 7) is 8.13. The van der Waals surface area contributed by atoms with Crippen molar-refractivity contribution in [3.8, 4) is 0 Å². The number of hydrogen-bond acceptors (Lipinski definition) is 7. The second-order valence-electron chi connectivity index (χ2n) is 12.8. The van der Waals surface area contributed by atoms with E-state index in [0.29, 0.717) is 17.5 Å². The van der Waals surface area contributed by atoms with Crippen molar-refractivity contribution in [2.45, 2.75) is 77.8 Å². The lowest BCUT2D eigenvalue weighted by molar-refractivity contribution is -0.178. The van der Waals surface area contributed by atoms with Gasteiger partial charge in [0.15, 0.2) is 0 Å². The molecule has 2 N–H and O–H groups in total. The number of carbonyl (C=O) groups excluding carboxylic acids is 2. The molecule has 4 rings (SSSR count). The number of halogens is 5. The van der Waals surface area contributed by atoms with E-state index in [9.17, 15) is 32.3 Å². The summed E-state index contributed by atoms with van der Waals surface area (Å²) in [6.07, 6.45) is -5.65. The Bertz CT molecular complexity index is 1560. The quantitative estimate of drug-likeness (QED) is 0.448. The van der Waals surface area contributed by atoms with Gasteiger partial charge in [0.2, 0.25) is 0 Å². The number of ether oxygens (including phenoxy) is 2. The first-order chi connectivity index (χ1) is 19.7. The lowest BCUT2D eigenvalue weighted by Crippen LogP contribution is -2.48. The van der Waals surface area contributed by atoms with Gasteiger partial charge in [0.1, 0.15) is 17.0 Å². The zero-order valence-corrected chi connectivity index (χ0v) is 25.3. The second-order valence-corrected chi connectivity index (χ2v) is 13.1. The van der Waals surface area contributed by atoms with Crippen LogP contribution in [0.4, 0.5) is 32.8 Å². The lowest BCUT2D eigenvalue weighted by Gasteiger charge is -2.24. The predicted molar refractivity (Wildman–Crippen MR) is 151 cm³/mol. The number of nitrogens with zero attached hydrogens (tertiary/aromatic N) is 3. The number of aromatic nitrogens is 2. The summed E-state index contributed by atoms with van der Waals surface area (Å²) in [5, 5.41) is 1.58.